The molecule has 5 nitrogen and oxygen atoms in total. The summed E-state index contributed by atoms with van der Waals surface area (Å²) in [5.74, 6) is 0.821. The SMILES string of the molecule is Nc1cnccc1N1CCN(CC2CCOCC2)CC1. The van der Waals surface area contributed by atoms with Crippen molar-refractivity contribution >= 4 is 11.4 Å². The molecule has 0 amide bonds. The Bertz CT molecular complexity index is 426. The van der Waals surface area contributed by atoms with E-state index in [1.54, 1.807) is 6.20 Å². The Hall–Kier alpha value is -1.33. The van der Waals surface area contributed by atoms with Crippen molar-refractivity contribution in [2.24, 2.45) is 5.92 Å². The van der Waals surface area contributed by atoms with Gasteiger partial charge < -0.3 is 15.4 Å². The van der Waals surface area contributed by atoms with Crippen molar-refractivity contribution in [1.82, 2.24) is 9.88 Å². The van der Waals surface area contributed by atoms with E-state index in [0.717, 1.165) is 56.7 Å². The van der Waals surface area contributed by atoms with Crippen molar-refractivity contribution in [2.45, 2.75) is 12.8 Å². The molecule has 5 heteroatoms. The topological polar surface area (TPSA) is 54.6 Å². The van der Waals surface area contributed by atoms with Crippen molar-refractivity contribution in [3.8, 4) is 0 Å². The quantitative estimate of drug-likeness (QED) is 0.899. The highest BCUT2D eigenvalue weighted by molar-refractivity contribution is 5.66. The number of anilines is 2. The molecule has 1 aromatic heterocycles. The molecule has 3 rings (SSSR count). The van der Waals surface area contributed by atoms with Gasteiger partial charge in [-0.25, -0.2) is 0 Å². The Morgan fingerprint density at radius 1 is 1.20 bits per heavy atom. The van der Waals surface area contributed by atoms with Crippen LogP contribution in [-0.4, -0.2) is 55.8 Å². The fourth-order valence-electron chi connectivity index (χ4n) is 3.15. The number of nitrogens with zero attached hydrogens (tertiary/aromatic N) is 3. The van der Waals surface area contributed by atoms with Gasteiger partial charge in [-0.05, 0) is 24.8 Å². The normalized spacial score (nSPS) is 22.1. The molecule has 0 aromatic carbocycles. The number of piperazine rings is 1. The van der Waals surface area contributed by atoms with E-state index in [4.69, 9.17) is 10.5 Å². The first-order valence-corrected chi connectivity index (χ1v) is 7.57. The lowest BCUT2D eigenvalue weighted by Crippen LogP contribution is -2.48. The third-order valence-electron chi connectivity index (χ3n) is 4.40. The lowest BCUT2D eigenvalue weighted by atomic mass is 9.99. The van der Waals surface area contributed by atoms with E-state index in [9.17, 15) is 0 Å². The largest absolute Gasteiger partial charge is 0.396 e. The second kappa shape index (κ2) is 6.41. The van der Waals surface area contributed by atoms with E-state index in [1.807, 2.05) is 12.3 Å². The first-order chi connectivity index (χ1) is 9.83. The maximum absolute atomic E-state index is 6.00. The minimum atomic E-state index is 0.783. The summed E-state index contributed by atoms with van der Waals surface area (Å²) < 4.78 is 5.43. The van der Waals surface area contributed by atoms with Crippen LogP contribution in [0.5, 0.6) is 0 Å². The van der Waals surface area contributed by atoms with E-state index < -0.39 is 0 Å². The Labute approximate surface area is 120 Å². The van der Waals surface area contributed by atoms with Crippen LogP contribution in [0.1, 0.15) is 12.8 Å². The zero-order valence-electron chi connectivity index (χ0n) is 12.0. The lowest BCUT2D eigenvalue weighted by molar-refractivity contribution is 0.0517. The number of pyridine rings is 1. The van der Waals surface area contributed by atoms with E-state index in [1.165, 1.54) is 19.4 Å². The summed E-state index contributed by atoms with van der Waals surface area (Å²) in [6, 6.07) is 2.02. The summed E-state index contributed by atoms with van der Waals surface area (Å²) in [6.07, 6.45) is 6.00. The van der Waals surface area contributed by atoms with Crippen LogP contribution in [0.25, 0.3) is 0 Å². The fraction of sp³-hybridized carbons (Fsp3) is 0.667. The van der Waals surface area contributed by atoms with Crippen LogP contribution in [0.2, 0.25) is 0 Å². The molecule has 0 bridgehead atoms. The number of rotatable bonds is 3. The van der Waals surface area contributed by atoms with Crippen molar-refractivity contribution in [2.75, 3.05) is 56.6 Å². The Balaban J connectivity index is 1.50. The van der Waals surface area contributed by atoms with E-state index in [-0.39, 0.29) is 0 Å². The van der Waals surface area contributed by atoms with Gasteiger partial charge in [0.1, 0.15) is 0 Å². The standard InChI is InChI=1S/C15H24N4O/c16-14-11-17-4-1-15(14)19-7-5-18(6-8-19)12-13-2-9-20-10-3-13/h1,4,11,13H,2-3,5-10,12,16H2. The second-order valence-electron chi connectivity index (χ2n) is 5.78. The molecular weight excluding hydrogens is 252 g/mol. The Morgan fingerprint density at radius 2 is 1.95 bits per heavy atom. The molecule has 2 aliphatic heterocycles. The zero-order chi connectivity index (χ0) is 13.8. The first kappa shape index (κ1) is 13.6. The summed E-state index contributed by atoms with van der Waals surface area (Å²) in [7, 11) is 0. The summed E-state index contributed by atoms with van der Waals surface area (Å²) in [6.45, 7) is 7.46. The summed E-state index contributed by atoms with van der Waals surface area (Å²) in [4.78, 5) is 9.02. The molecule has 0 aliphatic carbocycles. The van der Waals surface area contributed by atoms with Gasteiger partial charge in [0.2, 0.25) is 0 Å². The highest BCUT2D eigenvalue weighted by atomic mass is 16.5. The molecule has 2 saturated heterocycles. The van der Waals surface area contributed by atoms with Gasteiger partial charge in [-0.15, -0.1) is 0 Å². The maximum atomic E-state index is 6.00. The summed E-state index contributed by atoms with van der Waals surface area (Å²) >= 11 is 0. The van der Waals surface area contributed by atoms with E-state index in [2.05, 4.69) is 14.8 Å². The number of nitrogen functional groups attached to an aromatic ring is 1. The molecule has 1 aromatic rings. The first-order valence-electron chi connectivity index (χ1n) is 7.57. The highest BCUT2D eigenvalue weighted by Gasteiger charge is 2.22. The number of ether oxygens (including phenoxy) is 1. The molecule has 3 heterocycles. The smallest absolute Gasteiger partial charge is 0.0738 e. The second-order valence-corrected chi connectivity index (χ2v) is 5.78. The monoisotopic (exact) mass is 276 g/mol. The number of hydrogen-bond acceptors (Lipinski definition) is 5. The van der Waals surface area contributed by atoms with Gasteiger partial charge in [-0.2, -0.15) is 0 Å². The maximum Gasteiger partial charge on any atom is 0.0738 e. The third-order valence-corrected chi connectivity index (χ3v) is 4.40. The van der Waals surface area contributed by atoms with Gasteiger partial charge in [0.05, 0.1) is 17.6 Å². The van der Waals surface area contributed by atoms with Gasteiger partial charge in [-0.3, -0.25) is 9.88 Å². The minimum absolute atomic E-state index is 0.783. The zero-order valence-corrected chi connectivity index (χ0v) is 12.0. The van der Waals surface area contributed by atoms with Crippen LogP contribution < -0.4 is 10.6 Å². The summed E-state index contributed by atoms with van der Waals surface area (Å²) in [5.41, 5.74) is 7.92. The number of nitrogens with two attached hydrogens (primary N) is 1. The highest BCUT2D eigenvalue weighted by Crippen LogP contribution is 2.23. The van der Waals surface area contributed by atoms with Crippen molar-refractivity contribution in [1.29, 1.82) is 0 Å². The molecule has 2 aliphatic rings. The third kappa shape index (κ3) is 3.22. The average molecular weight is 276 g/mol. The molecule has 0 unspecified atom stereocenters. The van der Waals surface area contributed by atoms with Gasteiger partial charge in [0, 0.05) is 52.1 Å². The van der Waals surface area contributed by atoms with E-state index >= 15 is 0 Å². The van der Waals surface area contributed by atoms with Crippen LogP contribution in [0.3, 0.4) is 0 Å². The predicted molar refractivity (Wildman–Crippen MR) is 80.8 cm³/mol. The van der Waals surface area contributed by atoms with Crippen LogP contribution in [0.15, 0.2) is 18.5 Å². The van der Waals surface area contributed by atoms with Gasteiger partial charge in [-0.1, -0.05) is 0 Å². The van der Waals surface area contributed by atoms with Crippen LogP contribution in [0.4, 0.5) is 11.4 Å². The Morgan fingerprint density at radius 3 is 2.65 bits per heavy atom. The van der Waals surface area contributed by atoms with Gasteiger partial charge in [0.25, 0.3) is 0 Å². The number of aromatic nitrogens is 1. The molecule has 0 saturated carbocycles. The number of hydrogen-bond donors (Lipinski definition) is 1. The molecule has 0 radical (unpaired) electrons. The molecule has 0 spiro atoms. The molecule has 0 atom stereocenters. The van der Waals surface area contributed by atoms with Crippen LogP contribution >= 0.6 is 0 Å². The van der Waals surface area contributed by atoms with Crippen LogP contribution in [0, 0.1) is 5.92 Å². The predicted octanol–water partition coefficient (Wildman–Crippen LogP) is 1.21. The average Bonchev–Trinajstić information content (AvgIpc) is 2.50. The molecule has 2 fully saturated rings. The lowest BCUT2D eigenvalue weighted by Gasteiger charge is -2.38. The van der Waals surface area contributed by atoms with Crippen molar-refractivity contribution in [3.05, 3.63) is 18.5 Å². The van der Waals surface area contributed by atoms with E-state index in [0.29, 0.717) is 0 Å². The Kier molecular flexibility index (Phi) is 4.38. The van der Waals surface area contributed by atoms with Gasteiger partial charge in [0.15, 0.2) is 0 Å². The summed E-state index contributed by atoms with van der Waals surface area (Å²) in [5, 5.41) is 0. The molecule has 20 heavy (non-hydrogen) atoms. The fourth-order valence-corrected chi connectivity index (χ4v) is 3.15. The molecular formula is C15H24N4O. The van der Waals surface area contributed by atoms with Crippen molar-refractivity contribution < 1.29 is 4.74 Å². The van der Waals surface area contributed by atoms with Gasteiger partial charge >= 0.3 is 0 Å². The van der Waals surface area contributed by atoms with Crippen LogP contribution in [-0.2, 0) is 4.74 Å². The minimum Gasteiger partial charge on any atom is -0.396 e. The van der Waals surface area contributed by atoms with Crippen molar-refractivity contribution in [3.63, 3.8) is 0 Å². The molecule has 110 valence electrons. The molecule has 2 N–H and O–H groups in total.